The predicted molar refractivity (Wildman–Crippen MR) is 92.1 cm³/mol. The minimum absolute atomic E-state index is 0.123. The van der Waals surface area contributed by atoms with Gasteiger partial charge >= 0.3 is 0 Å². The molecule has 0 aliphatic carbocycles. The minimum Gasteiger partial charge on any atom is -0.479 e. The molecule has 2 rings (SSSR count). The molecule has 24 heavy (non-hydrogen) atoms. The van der Waals surface area contributed by atoms with Crippen LogP contribution in [0.25, 0.3) is 0 Å². The van der Waals surface area contributed by atoms with Gasteiger partial charge in [-0.1, -0.05) is 18.5 Å². The standard InChI is InChI=1S/C17H21ClFN3O2/c1-5-8-22-11(3)16(10(2)21-22)20-17(23)12(4)24-15-7-6-13(19)9-14(15)18/h6-7,9,12H,5,8H2,1-4H3,(H,20,23). The molecule has 0 fully saturated rings. The van der Waals surface area contributed by atoms with Gasteiger partial charge in [-0.15, -0.1) is 0 Å². The maximum absolute atomic E-state index is 13.1. The van der Waals surface area contributed by atoms with Crippen LogP contribution in [0.5, 0.6) is 5.75 Å². The van der Waals surface area contributed by atoms with Crippen LogP contribution < -0.4 is 10.1 Å². The van der Waals surface area contributed by atoms with Crippen molar-refractivity contribution in [2.45, 2.75) is 46.8 Å². The third kappa shape index (κ3) is 4.06. The van der Waals surface area contributed by atoms with Gasteiger partial charge in [-0.05, 0) is 45.4 Å². The molecular weight excluding hydrogens is 333 g/mol. The van der Waals surface area contributed by atoms with Gasteiger partial charge in [-0.2, -0.15) is 5.10 Å². The Morgan fingerprint density at radius 2 is 2.17 bits per heavy atom. The van der Waals surface area contributed by atoms with E-state index in [0.717, 1.165) is 30.4 Å². The number of hydrogen-bond donors (Lipinski definition) is 1. The lowest BCUT2D eigenvalue weighted by atomic mass is 10.2. The van der Waals surface area contributed by atoms with Gasteiger partial charge in [0.2, 0.25) is 0 Å². The third-order valence-corrected chi connectivity index (χ3v) is 3.93. The van der Waals surface area contributed by atoms with Crippen LogP contribution in [-0.4, -0.2) is 21.8 Å². The Kier molecular flexibility index (Phi) is 5.83. The topological polar surface area (TPSA) is 56.2 Å². The number of anilines is 1. The molecule has 1 heterocycles. The van der Waals surface area contributed by atoms with Crippen molar-refractivity contribution in [1.29, 1.82) is 0 Å². The average Bonchev–Trinajstić information content (AvgIpc) is 2.78. The first-order valence-electron chi connectivity index (χ1n) is 7.80. The van der Waals surface area contributed by atoms with E-state index in [1.54, 1.807) is 6.92 Å². The van der Waals surface area contributed by atoms with E-state index in [1.807, 2.05) is 18.5 Å². The molecule has 2 aromatic rings. The Bertz CT molecular complexity index is 746. The van der Waals surface area contributed by atoms with E-state index in [2.05, 4.69) is 17.3 Å². The second kappa shape index (κ2) is 7.66. The summed E-state index contributed by atoms with van der Waals surface area (Å²) in [5, 5.41) is 7.39. The van der Waals surface area contributed by atoms with Crippen LogP contribution in [0.4, 0.5) is 10.1 Å². The monoisotopic (exact) mass is 353 g/mol. The number of aromatic nitrogens is 2. The summed E-state index contributed by atoms with van der Waals surface area (Å²) in [5.74, 6) is -0.521. The fraction of sp³-hybridized carbons (Fsp3) is 0.412. The lowest BCUT2D eigenvalue weighted by molar-refractivity contribution is -0.122. The molecule has 1 N–H and O–H groups in total. The molecule has 0 saturated carbocycles. The Morgan fingerprint density at radius 3 is 2.79 bits per heavy atom. The molecule has 0 radical (unpaired) electrons. The van der Waals surface area contributed by atoms with Crippen LogP contribution >= 0.6 is 11.6 Å². The summed E-state index contributed by atoms with van der Waals surface area (Å²) in [4.78, 5) is 12.4. The normalized spacial score (nSPS) is 12.1. The second-order valence-corrected chi connectivity index (χ2v) is 6.00. The first kappa shape index (κ1) is 18.3. The number of ether oxygens (including phenoxy) is 1. The first-order chi connectivity index (χ1) is 11.3. The summed E-state index contributed by atoms with van der Waals surface area (Å²) < 4.78 is 20.5. The first-order valence-corrected chi connectivity index (χ1v) is 8.17. The lowest BCUT2D eigenvalue weighted by Gasteiger charge is -2.16. The lowest BCUT2D eigenvalue weighted by Crippen LogP contribution is -2.30. The van der Waals surface area contributed by atoms with Crippen LogP contribution in [-0.2, 0) is 11.3 Å². The zero-order valence-electron chi connectivity index (χ0n) is 14.2. The maximum Gasteiger partial charge on any atom is 0.265 e. The Balaban J connectivity index is 2.09. The maximum atomic E-state index is 13.1. The van der Waals surface area contributed by atoms with E-state index in [0.29, 0.717) is 5.69 Å². The van der Waals surface area contributed by atoms with Gasteiger partial charge in [-0.25, -0.2) is 4.39 Å². The summed E-state index contributed by atoms with van der Waals surface area (Å²) in [6, 6.07) is 3.77. The van der Waals surface area contributed by atoms with Gasteiger partial charge in [-0.3, -0.25) is 9.48 Å². The molecule has 0 spiro atoms. The third-order valence-electron chi connectivity index (χ3n) is 3.63. The summed E-state index contributed by atoms with van der Waals surface area (Å²) in [6.07, 6.45) is 0.166. The molecule has 130 valence electrons. The SMILES string of the molecule is CCCn1nc(C)c(NC(=O)C(C)Oc2ccc(F)cc2Cl)c1C. The number of amides is 1. The highest BCUT2D eigenvalue weighted by molar-refractivity contribution is 6.32. The molecule has 0 saturated heterocycles. The van der Waals surface area contributed by atoms with Crippen molar-refractivity contribution in [3.05, 3.63) is 40.4 Å². The molecule has 5 nitrogen and oxygen atoms in total. The quantitative estimate of drug-likeness (QED) is 0.850. The average molecular weight is 354 g/mol. The molecule has 1 amide bonds. The highest BCUT2D eigenvalue weighted by atomic mass is 35.5. The van der Waals surface area contributed by atoms with E-state index in [9.17, 15) is 9.18 Å². The molecule has 0 aliphatic rings. The summed E-state index contributed by atoms with van der Waals surface area (Å²) >= 11 is 5.92. The van der Waals surface area contributed by atoms with Gasteiger partial charge < -0.3 is 10.1 Å². The van der Waals surface area contributed by atoms with Gasteiger partial charge in [0, 0.05) is 6.54 Å². The van der Waals surface area contributed by atoms with Crippen LogP contribution in [0.1, 0.15) is 31.7 Å². The van der Waals surface area contributed by atoms with E-state index in [1.165, 1.54) is 12.1 Å². The van der Waals surface area contributed by atoms with Crippen molar-refractivity contribution < 1.29 is 13.9 Å². The Hall–Kier alpha value is -2.08. The van der Waals surface area contributed by atoms with Gasteiger partial charge in [0.05, 0.1) is 22.1 Å². The molecule has 1 aromatic carbocycles. The molecule has 1 atom stereocenters. The zero-order valence-corrected chi connectivity index (χ0v) is 14.9. The van der Waals surface area contributed by atoms with Crippen molar-refractivity contribution in [2.24, 2.45) is 0 Å². The van der Waals surface area contributed by atoms with Crippen LogP contribution in [0.2, 0.25) is 5.02 Å². The number of nitrogens with one attached hydrogen (secondary N) is 1. The number of carbonyl (C=O) groups is 1. The highest BCUT2D eigenvalue weighted by Gasteiger charge is 2.20. The van der Waals surface area contributed by atoms with E-state index >= 15 is 0 Å². The van der Waals surface area contributed by atoms with Crippen molar-refractivity contribution in [2.75, 3.05) is 5.32 Å². The van der Waals surface area contributed by atoms with Crippen LogP contribution in [0.15, 0.2) is 18.2 Å². The fourth-order valence-corrected chi connectivity index (χ4v) is 2.56. The molecule has 1 unspecified atom stereocenters. The van der Waals surface area contributed by atoms with E-state index in [4.69, 9.17) is 16.3 Å². The van der Waals surface area contributed by atoms with Gasteiger partial charge in [0.1, 0.15) is 11.6 Å². The number of benzene rings is 1. The molecule has 1 aromatic heterocycles. The highest BCUT2D eigenvalue weighted by Crippen LogP contribution is 2.26. The minimum atomic E-state index is -0.790. The van der Waals surface area contributed by atoms with Crippen molar-refractivity contribution in [3.63, 3.8) is 0 Å². The smallest absolute Gasteiger partial charge is 0.265 e. The number of aryl methyl sites for hydroxylation is 2. The molecular formula is C17H21ClFN3O2. The van der Waals surface area contributed by atoms with Gasteiger partial charge in [0.25, 0.3) is 5.91 Å². The number of nitrogens with zero attached hydrogens (tertiary/aromatic N) is 2. The fourth-order valence-electron chi connectivity index (χ4n) is 2.35. The number of rotatable bonds is 6. The Morgan fingerprint density at radius 1 is 1.46 bits per heavy atom. The van der Waals surface area contributed by atoms with Crippen LogP contribution in [0, 0.1) is 19.7 Å². The summed E-state index contributed by atoms with van der Waals surface area (Å²) in [6.45, 7) is 8.22. The number of hydrogen-bond acceptors (Lipinski definition) is 3. The van der Waals surface area contributed by atoms with E-state index < -0.39 is 11.9 Å². The van der Waals surface area contributed by atoms with Gasteiger partial charge in [0.15, 0.2) is 6.10 Å². The Labute approximate surface area is 145 Å². The molecule has 0 aliphatic heterocycles. The largest absolute Gasteiger partial charge is 0.479 e. The number of halogens is 2. The summed E-state index contributed by atoms with van der Waals surface area (Å²) in [5.41, 5.74) is 2.34. The second-order valence-electron chi connectivity index (χ2n) is 5.59. The molecule has 7 heteroatoms. The van der Waals surface area contributed by atoms with Crippen molar-refractivity contribution >= 4 is 23.2 Å². The van der Waals surface area contributed by atoms with Crippen LogP contribution in [0.3, 0.4) is 0 Å². The summed E-state index contributed by atoms with van der Waals surface area (Å²) in [7, 11) is 0. The zero-order chi connectivity index (χ0) is 17.9. The molecule has 0 bridgehead atoms. The predicted octanol–water partition coefficient (Wildman–Crippen LogP) is 4.11. The number of carbonyl (C=O) groups excluding carboxylic acids is 1. The van der Waals surface area contributed by atoms with Crippen molar-refractivity contribution in [3.8, 4) is 5.75 Å². The van der Waals surface area contributed by atoms with Crippen molar-refractivity contribution in [1.82, 2.24) is 9.78 Å². The van der Waals surface area contributed by atoms with E-state index in [-0.39, 0.29) is 16.7 Å².